The Hall–Kier alpha value is -0.830. The maximum absolute atomic E-state index is 12.0. The molecule has 0 saturated heterocycles. The minimum Gasteiger partial charge on any atom is -0.353 e. The first kappa shape index (κ1) is 12.2. The van der Waals surface area contributed by atoms with Crippen LogP contribution in [0.5, 0.6) is 0 Å². The maximum atomic E-state index is 12.0. The van der Waals surface area contributed by atoms with Gasteiger partial charge in [-0.3, -0.25) is 4.79 Å². The van der Waals surface area contributed by atoms with Crippen molar-refractivity contribution in [2.24, 2.45) is 11.1 Å². The van der Waals surface area contributed by atoms with Crippen molar-refractivity contribution in [3.63, 3.8) is 0 Å². The largest absolute Gasteiger partial charge is 0.353 e. The molecule has 1 saturated carbocycles. The average Bonchev–Trinajstić information content (AvgIpc) is 2.48. The summed E-state index contributed by atoms with van der Waals surface area (Å²) in [6.07, 6.45) is 5.54. The van der Waals surface area contributed by atoms with Gasteiger partial charge in [-0.05, 0) is 33.1 Å². The summed E-state index contributed by atoms with van der Waals surface area (Å²) in [6, 6.07) is 0.160. The Morgan fingerprint density at radius 2 is 2.47 bits per heavy atom. The normalized spacial score (nSPS) is 32.3. The van der Waals surface area contributed by atoms with Gasteiger partial charge in [0.15, 0.2) is 0 Å². The number of nitrogens with one attached hydrogen (secondary N) is 1. The van der Waals surface area contributed by atoms with Gasteiger partial charge in [-0.1, -0.05) is 12.5 Å². The molecule has 1 fully saturated rings. The zero-order valence-electron chi connectivity index (χ0n) is 9.75. The van der Waals surface area contributed by atoms with Gasteiger partial charge in [0, 0.05) is 12.1 Å². The Kier molecular flexibility index (Phi) is 3.91. The van der Waals surface area contributed by atoms with E-state index in [0.717, 1.165) is 25.7 Å². The van der Waals surface area contributed by atoms with Crippen molar-refractivity contribution in [1.82, 2.24) is 5.32 Å². The van der Waals surface area contributed by atoms with Gasteiger partial charge in [0.1, 0.15) is 0 Å². The van der Waals surface area contributed by atoms with E-state index >= 15 is 0 Å². The molecule has 1 amide bonds. The second-order valence-electron chi connectivity index (χ2n) is 4.82. The molecule has 0 spiro atoms. The molecular formula is C12H22N2O. The zero-order valence-corrected chi connectivity index (χ0v) is 9.75. The smallest absolute Gasteiger partial charge is 0.227 e. The van der Waals surface area contributed by atoms with Gasteiger partial charge < -0.3 is 11.1 Å². The first-order valence-electron chi connectivity index (χ1n) is 5.68. The topological polar surface area (TPSA) is 55.1 Å². The molecular weight excluding hydrogens is 188 g/mol. The lowest BCUT2D eigenvalue weighted by Gasteiger charge is -2.29. The van der Waals surface area contributed by atoms with Crippen molar-refractivity contribution < 1.29 is 4.79 Å². The monoisotopic (exact) mass is 210 g/mol. The van der Waals surface area contributed by atoms with Crippen molar-refractivity contribution in [1.29, 1.82) is 0 Å². The number of nitrogens with two attached hydrogens (primary N) is 1. The number of hydrogen-bond acceptors (Lipinski definition) is 2. The van der Waals surface area contributed by atoms with Crippen molar-refractivity contribution in [2.75, 3.05) is 0 Å². The third-order valence-electron chi connectivity index (χ3n) is 3.45. The summed E-state index contributed by atoms with van der Waals surface area (Å²) in [5, 5.41) is 3.00. The minimum absolute atomic E-state index is 0.00781. The highest BCUT2D eigenvalue weighted by atomic mass is 16.2. The summed E-state index contributed by atoms with van der Waals surface area (Å²) in [5.41, 5.74) is 5.62. The quantitative estimate of drug-likeness (QED) is 0.692. The molecule has 0 heterocycles. The second-order valence-corrected chi connectivity index (χ2v) is 4.82. The van der Waals surface area contributed by atoms with Crippen LogP contribution in [0.1, 0.15) is 39.5 Å². The van der Waals surface area contributed by atoms with E-state index in [4.69, 9.17) is 5.73 Å². The first-order valence-corrected chi connectivity index (χ1v) is 5.68. The lowest BCUT2D eigenvalue weighted by atomic mass is 9.84. The van der Waals surface area contributed by atoms with Gasteiger partial charge in [-0.25, -0.2) is 0 Å². The molecule has 3 nitrogen and oxygen atoms in total. The Morgan fingerprint density at radius 3 is 2.93 bits per heavy atom. The number of hydrogen-bond donors (Lipinski definition) is 2. The van der Waals surface area contributed by atoms with Crippen LogP contribution in [0.3, 0.4) is 0 Å². The Morgan fingerprint density at radius 1 is 1.80 bits per heavy atom. The number of amides is 1. The Balaban J connectivity index is 2.56. The van der Waals surface area contributed by atoms with Gasteiger partial charge in [0.2, 0.25) is 5.91 Å². The SMILES string of the molecule is C=CCC(C)NC(=O)C1(C)CCCC1N. The zero-order chi connectivity index (χ0) is 11.5. The fourth-order valence-corrected chi connectivity index (χ4v) is 2.17. The highest BCUT2D eigenvalue weighted by Crippen LogP contribution is 2.36. The molecule has 3 atom stereocenters. The first-order chi connectivity index (χ1) is 7.00. The predicted molar refractivity (Wildman–Crippen MR) is 62.4 cm³/mol. The van der Waals surface area contributed by atoms with E-state index in [9.17, 15) is 4.79 Å². The van der Waals surface area contributed by atoms with Crippen LogP contribution in [0.4, 0.5) is 0 Å². The fourth-order valence-electron chi connectivity index (χ4n) is 2.17. The van der Waals surface area contributed by atoms with Crippen LogP contribution in [0.2, 0.25) is 0 Å². The second kappa shape index (κ2) is 4.79. The summed E-state index contributed by atoms with van der Waals surface area (Å²) in [4.78, 5) is 12.0. The summed E-state index contributed by atoms with van der Waals surface area (Å²) < 4.78 is 0. The standard InChI is InChI=1S/C12H22N2O/c1-4-6-9(2)14-11(15)12(3)8-5-7-10(12)13/h4,9-10H,1,5-8,13H2,2-3H3,(H,14,15). The average molecular weight is 210 g/mol. The molecule has 0 aromatic heterocycles. The molecule has 0 radical (unpaired) electrons. The summed E-state index contributed by atoms with van der Waals surface area (Å²) >= 11 is 0. The molecule has 15 heavy (non-hydrogen) atoms. The van der Waals surface area contributed by atoms with Crippen molar-refractivity contribution >= 4 is 5.91 Å². The van der Waals surface area contributed by atoms with Crippen molar-refractivity contribution in [3.8, 4) is 0 Å². The van der Waals surface area contributed by atoms with Gasteiger partial charge in [0.25, 0.3) is 0 Å². The minimum atomic E-state index is -0.366. The predicted octanol–water partition coefficient (Wildman–Crippen LogP) is 1.58. The Bertz CT molecular complexity index is 252. The van der Waals surface area contributed by atoms with E-state index in [-0.39, 0.29) is 23.4 Å². The maximum Gasteiger partial charge on any atom is 0.227 e. The molecule has 3 unspecified atom stereocenters. The third kappa shape index (κ3) is 2.59. The molecule has 3 heteroatoms. The van der Waals surface area contributed by atoms with Gasteiger partial charge in [-0.15, -0.1) is 6.58 Å². The lowest BCUT2D eigenvalue weighted by molar-refractivity contribution is -0.131. The Labute approximate surface area is 92.1 Å². The molecule has 0 bridgehead atoms. The number of carbonyl (C=O) groups excluding carboxylic acids is 1. The van der Waals surface area contributed by atoms with E-state index in [1.54, 1.807) is 0 Å². The molecule has 3 N–H and O–H groups in total. The van der Waals surface area contributed by atoms with Gasteiger partial charge in [-0.2, -0.15) is 0 Å². The molecule has 0 aromatic rings. The van der Waals surface area contributed by atoms with Crippen LogP contribution in [0, 0.1) is 5.41 Å². The van der Waals surface area contributed by atoms with E-state index in [1.165, 1.54) is 0 Å². The van der Waals surface area contributed by atoms with Crippen LogP contribution < -0.4 is 11.1 Å². The highest BCUT2D eigenvalue weighted by Gasteiger charge is 2.43. The van der Waals surface area contributed by atoms with Gasteiger partial charge in [0.05, 0.1) is 5.41 Å². The van der Waals surface area contributed by atoms with E-state index in [1.807, 2.05) is 19.9 Å². The number of carbonyl (C=O) groups is 1. The summed E-state index contributed by atoms with van der Waals surface area (Å²) in [7, 11) is 0. The van der Waals surface area contributed by atoms with Crippen molar-refractivity contribution in [3.05, 3.63) is 12.7 Å². The molecule has 0 aliphatic heterocycles. The van der Waals surface area contributed by atoms with Crippen molar-refractivity contribution in [2.45, 2.75) is 51.6 Å². The lowest BCUT2D eigenvalue weighted by Crippen LogP contribution is -2.49. The summed E-state index contributed by atoms with van der Waals surface area (Å²) in [5.74, 6) is 0.0989. The molecule has 1 aliphatic carbocycles. The number of rotatable bonds is 4. The van der Waals surface area contributed by atoms with Crippen LogP contribution >= 0.6 is 0 Å². The summed E-state index contributed by atoms with van der Waals surface area (Å²) in [6.45, 7) is 7.62. The van der Waals surface area contributed by atoms with Crippen LogP contribution in [-0.2, 0) is 4.79 Å². The van der Waals surface area contributed by atoms with Gasteiger partial charge >= 0.3 is 0 Å². The molecule has 1 aliphatic rings. The molecule has 0 aromatic carbocycles. The fraction of sp³-hybridized carbons (Fsp3) is 0.750. The molecule has 86 valence electrons. The van der Waals surface area contributed by atoms with Crippen LogP contribution in [0.15, 0.2) is 12.7 Å². The van der Waals surface area contributed by atoms with Crippen LogP contribution in [-0.4, -0.2) is 18.0 Å². The third-order valence-corrected chi connectivity index (χ3v) is 3.45. The van der Waals surface area contributed by atoms with Crippen LogP contribution in [0.25, 0.3) is 0 Å². The van der Waals surface area contributed by atoms with E-state index in [2.05, 4.69) is 11.9 Å². The molecule has 1 rings (SSSR count). The van der Waals surface area contributed by atoms with E-state index < -0.39 is 0 Å². The van der Waals surface area contributed by atoms with E-state index in [0.29, 0.717) is 0 Å². The highest BCUT2D eigenvalue weighted by molar-refractivity contribution is 5.83.